The molecule has 0 fully saturated rings. The molecule has 3 aromatic rings. The Hall–Kier alpha value is -4.26. The molecule has 0 spiro atoms. The maximum atomic E-state index is 14.2. The maximum absolute atomic E-state index is 14.2. The minimum Gasteiger partial charge on any atom is -0.342 e. The normalized spacial score (nSPS) is 11.3. The third kappa shape index (κ3) is 4.57. The van der Waals surface area contributed by atoms with Crippen molar-refractivity contribution >= 4 is 22.5 Å². The fourth-order valence-electron chi connectivity index (χ4n) is 4.58. The molecule has 1 N–H and O–H groups in total. The van der Waals surface area contributed by atoms with Crippen LogP contribution in [0.25, 0.3) is 22.2 Å². The van der Waals surface area contributed by atoms with E-state index in [0.717, 1.165) is 32.5 Å². The van der Waals surface area contributed by atoms with Crippen molar-refractivity contribution in [3.63, 3.8) is 0 Å². The van der Waals surface area contributed by atoms with Crippen molar-refractivity contribution in [2.45, 2.75) is 33.9 Å². The van der Waals surface area contributed by atoms with E-state index in [4.69, 9.17) is 0 Å². The predicted molar refractivity (Wildman–Crippen MR) is 135 cm³/mol. The maximum Gasteiger partial charge on any atom is 0.278 e. The topological polar surface area (TPSA) is 68.9 Å². The van der Waals surface area contributed by atoms with Gasteiger partial charge in [0.15, 0.2) is 0 Å². The van der Waals surface area contributed by atoms with Gasteiger partial charge in [-0.05, 0) is 67.8 Å². The standard InChI is InChI=1S/C28H25FN4O2/c1-17-5-4-6-20(10-17)14-32-15-24-27(23-13-21(29)7-8-25(23)32)31-33(28(24)35)16-26(34)30-22-11-18(2)9-19(3)12-22/h4-13,15H,14,16H2,1-3H3,(H,30,34). The van der Waals surface area contributed by atoms with Crippen LogP contribution in [0, 0.1) is 26.6 Å². The first kappa shape index (κ1) is 22.5. The van der Waals surface area contributed by atoms with Gasteiger partial charge in [-0.1, -0.05) is 35.9 Å². The van der Waals surface area contributed by atoms with Gasteiger partial charge in [0.25, 0.3) is 5.56 Å². The first-order valence-corrected chi connectivity index (χ1v) is 11.4. The lowest BCUT2D eigenvalue weighted by molar-refractivity contribution is -0.116. The molecule has 6 nitrogen and oxygen atoms in total. The number of benzene rings is 3. The van der Waals surface area contributed by atoms with Crippen molar-refractivity contribution in [1.29, 1.82) is 0 Å². The number of nitrogens with one attached hydrogen (secondary N) is 1. The van der Waals surface area contributed by atoms with Crippen LogP contribution < -0.4 is 10.9 Å². The lowest BCUT2D eigenvalue weighted by atomic mass is 10.1. The number of carbonyl (C=O) groups excluding carboxylic acids is 1. The highest BCUT2D eigenvalue weighted by Crippen LogP contribution is 2.29. The van der Waals surface area contributed by atoms with Gasteiger partial charge in [-0.2, -0.15) is 5.10 Å². The highest BCUT2D eigenvalue weighted by Gasteiger charge is 2.22. The van der Waals surface area contributed by atoms with Crippen LogP contribution in [0.3, 0.4) is 0 Å². The molecule has 2 heterocycles. The summed E-state index contributed by atoms with van der Waals surface area (Å²) in [6.45, 7) is 6.20. The summed E-state index contributed by atoms with van der Waals surface area (Å²) < 4.78 is 17.3. The number of rotatable bonds is 5. The minimum absolute atomic E-state index is 0.241. The highest BCUT2D eigenvalue weighted by atomic mass is 19.1. The molecule has 0 bridgehead atoms. The van der Waals surface area contributed by atoms with Crippen molar-refractivity contribution in [3.8, 4) is 11.3 Å². The number of aromatic nitrogens is 3. The smallest absolute Gasteiger partial charge is 0.278 e. The quantitative estimate of drug-likeness (QED) is 0.392. The van der Waals surface area contributed by atoms with Crippen LogP contribution in [-0.2, 0) is 17.9 Å². The highest BCUT2D eigenvalue weighted by molar-refractivity contribution is 5.94. The van der Waals surface area contributed by atoms with Gasteiger partial charge in [0.1, 0.15) is 18.1 Å². The molecule has 0 radical (unpaired) electrons. The van der Waals surface area contributed by atoms with Crippen LogP contribution in [0.15, 0.2) is 71.7 Å². The Morgan fingerprint density at radius 2 is 1.74 bits per heavy atom. The molecule has 0 atom stereocenters. The zero-order valence-corrected chi connectivity index (χ0v) is 19.8. The summed E-state index contributed by atoms with van der Waals surface area (Å²) in [5.41, 5.74) is 6.01. The molecule has 176 valence electrons. The SMILES string of the molecule is Cc1cccc(Cn2cc3c(=O)n(CC(=O)Nc4cc(C)cc(C)c4)nc-3c3cc(F)ccc32)c1. The van der Waals surface area contributed by atoms with Gasteiger partial charge in [0.05, 0.1) is 11.1 Å². The fraction of sp³-hybridized carbons (Fsp3) is 0.179. The second-order valence-corrected chi connectivity index (χ2v) is 9.06. The molecular formula is C28H25FN4O2. The second kappa shape index (κ2) is 8.83. The molecule has 3 aromatic carbocycles. The van der Waals surface area contributed by atoms with E-state index in [1.54, 1.807) is 12.3 Å². The van der Waals surface area contributed by atoms with E-state index >= 15 is 0 Å². The molecule has 0 saturated carbocycles. The number of anilines is 1. The third-order valence-electron chi connectivity index (χ3n) is 5.98. The van der Waals surface area contributed by atoms with Gasteiger partial charge in [-0.3, -0.25) is 9.59 Å². The average molecular weight is 469 g/mol. The molecule has 1 amide bonds. The van der Waals surface area contributed by atoms with Crippen LogP contribution in [-0.4, -0.2) is 20.3 Å². The average Bonchev–Trinajstić information content (AvgIpc) is 3.08. The summed E-state index contributed by atoms with van der Waals surface area (Å²) in [6, 6.07) is 18.3. The van der Waals surface area contributed by atoms with Crippen molar-refractivity contribution in [2.24, 2.45) is 0 Å². The summed E-state index contributed by atoms with van der Waals surface area (Å²) in [5, 5.41) is 7.79. The van der Waals surface area contributed by atoms with Crippen LogP contribution in [0.1, 0.15) is 22.3 Å². The fourth-order valence-corrected chi connectivity index (χ4v) is 4.58. The van der Waals surface area contributed by atoms with Crippen LogP contribution in [0.2, 0.25) is 0 Å². The van der Waals surface area contributed by atoms with E-state index in [-0.39, 0.29) is 18.0 Å². The number of carbonyl (C=O) groups is 1. The van der Waals surface area contributed by atoms with Crippen molar-refractivity contribution in [2.75, 3.05) is 5.32 Å². The van der Waals surface area contributed by atoms with E-state index in [1.807, 2.05) is 61.7 Å². The van der Waals surface area contributed by atoms with Crippen LogP contribution >= 0.6 is 0 Å². The van der Waals surface area contributed by atoms with E-state index in [9.17, 15) is 14.0 Å². The summed E-state index contributed by atoms with van der Waals surface area (Å²) >= 11 is 0. The molecular weight excluding hydrogens is 443 g/mol. The lowest BCUT2D eigenvalue weighted by Gasteiger charge is -2.14. The number of hydrogen-bond acceptors (Lipinski definition) is 3. The van der Waals surface area contributed by atoms with E-state index < -0.39 is 5.82 Å². The number of fused-ring (bicyclic) bond motifs is 3. The van der Waals surface area contributed by atoms with Gasteiger partial charge >= 0.3 is 0 Å². The number of halogens is 1. The summed E-state index contributed by atoms with van der Waals surface area (Å²) in [7, 11) is 0. The Morgan fingerprint density at radius 1 is 0.971 bits per heavy atom. The molecule has 35 heavy (non-hydrogen) atoms. The zero-order chi connectivity index (χ0) is 24.7. The van der Waals surface area contributed by atoms with E-state index in [0.29, 0.717) is 28.9 Å². The molecule has 7 heteroatoms. The first-order valence-electron chi connectivity index (χ1n) is 11.4. The Morgan fingerprint density at radius 3 is 2.49 bits per heavy atom. The van der Waals surface area contributed by atoms with E-state index in [2.05, 4.69) is 16.5 Å². The molecule has 2 aliphatic heterocycles. The van der Waals surface area contributed by atoms with Gasteiger partial charge in [0.2, 0.25) is 5.91 Å². The Kier molecular flexibility index (Phi) is 5.68. The number of pyridine rings is 1. The largest absolute Gasteiger partial charge is 0.342 e. The molecule has 2 aliphatic rings. The molecule has 0 saturated heterocycles. The first-order chi connectivity index (χ1) is 16.8. The van der Waals surface area contributed by atoms with Crippen molar-refractivity contribution < 1.29 is 9.18 Å². The molecule has 0 aliphatic carbocycles. The summed E-state index contributed by atoms with van der Waals surface area (Å²) in [5.74, 6) is -0.773. The second-order valence-electron chi connectivity index (χ2n) is 9.06. The van der Waals surface area contributed by atoms with Gasteiger partial charge in [-0.25, -0.2) is 9.07 Å². The van der Waals surface area contributed by atoms with Crippen molar-refractivity contribution in [1.82, 2.24) is 14.3 Å². The predicted octanol–water partition coefficient (Wildman–Crippen LogP) is 5.05. The van der Waals surface area contributed by atoms with Crippen LogP contribution in [0.4, 0.5) is 10.1 Å². The van der Waals surface area contributed by atoms with Crippen molar-refractivity contribution in [3.05, 3.63) is 105 Å². The monoisotopic (exact) mass is 468 g/mol. The Bertz CT molecular complexity index is 1600. The molecule has 0 aromatic heterocycles. The lowest BCUT2D eigenvalue weighted by Crippen LogP contribution is -2.26. The summed E-state index contributed by atoms with van der Waals surface area (Å²) in [4.78, 5) is 25.9. The minimum atomic E-state index is -0.415. The zero-order valence-electron chi connectivity index (χ0n) is 19.8. The number of amides is 1. The Balaban J connectivity index is 1.54. The number of nitrogens with zero attached hydrogens (tertiary/aromatic N) is 3. The summed E-state index contributed by atoms with van der Waals surface area (Å²) in [6.07, 6.45) is 1.74. The molecule has 5 rings (SSSR count). The van der Waals surface area contributed by atoms with Gasteiger partial charge in [-0.15, -0.1) is 0 Å². The number of hydrogen-bond donors (Lipinski definition) is 1. The van der Waals surface area contributed by atoms with Gasteiger partial charge < -0.3 is 9.88 Å². The van der Waals surface area contributed by atoms with Gasteiger partial charge in [0, 0.05) is 23.8 Å². The van der Waals surface area contributed by atoms with Crippen LogP contribution in [0.5, 0.6) is 0 Å². The number of aryl methyl sites for hydroxylation is 3. The molecule has 0 unspecified atom stereocenters. The van der Waals surface area contributed by atoms with E-state index in [1.165, 1.54) is 12.1 Å². The third-order valence-corrected chi connectivity index (χ3v) is 5.98. The Labute approximate surface area is 202 Å².